The molecule has 1 aromatic carbocycles. The Balaban J connectivity index is 1.35. The average Bonchev–Trinajstić information content (AvgIpc) is 3.60. The SMILES string of the molecule is C=C(Nc1cncc(-c2cnc(N)c(C(=N)c3nc4c(-c5ccc(F)s5)nccc4[nH]3)c2F)c1)c1ccccc1. The zero-order valence-corrected chi connectivity index (χ0v) is 21.6. The largest absolute Gasteiger partial charge is 0.383 e. The summed E-state index contributed by atoms with van der Waals surface area (Å²) in [7, 11) is 0. The van der Waals surface area contributed by atoms with E-state index in [-0.39, 0.29) is 33.6 Å². The Kier molecular flexibility index (Phi) is 6.33. The van der Waals surface area contributed by atoms with Crippen molar-refractivity contribution in [3.63, 3.8) is 0 Å². The van der Waals surface area contributed by atoms with E-state index in [1.807, 2.05) is 30.3 Å². The van der Waals surface area contributed by atoms with Crippen LogP contribution in [0.25, 0.3) is 38.4 Å². The van der Waals surface area contributed by atoms with Crippen LogP contribution in [0.2, 0.25) is 0 Å². The van der Waals surface area contributed by atoms with E-state index in [2.05, 4.69) is 36.8 Å². The number of imidazole rings is 1. The summed E-state index contributed by atoms with van der Waals surface area (Å²) in [6.45, 7) is 4.06. The Morgan fingerprint density at radius 3 is 2.62 bits per heavy atom. The number of aromatic nitrogens is 5. The van der Waals surface area contributed by atoms with Crippen LogP contribution in [0.3, 0.4) is 0 Å². The second-order valence-electron chi connectivity index (χ2n) is 8.80. The highest BCUT2D eigenvalue weighted by atomic mass is 32.1. The molecule has 0 amide bonds. The standard InChI is InChI=1S/C29H20F2N8S/c1-15(16-5-3-2-4-6-16)37-18-11-17(12-34-13-18)19-14-36-28(33)23(24(19)31)25(32)29-38-20-9-10-35-27(26(20)39-29)21-7-8-22(30)40-21/h2-14,32,37H,1H2,(H2,33,36)(H,38,39). The maximum atomic E-state index is 16.0. The summed E-state index contributed by atoms with van der Waals surface area (Å²) in [5.41, 5.74) is 9.70. The first-order valence-electron chi connectivity index (χ1n) is 12.0. The van der Waals surface area contributed by atoms with Crippen LogP contribution in [0.1, 0.15) is 17.0 Å². The second-order valence-corrected chi connectivity index (χ2v) is 9.83. The number of thiophene rings is 1. The van der Waals surface area contributed by atoms with Gasteiger partial charge >= 0.3 is 0 Å². The van der Waals surface area contributed by atoms with E-state index in [1.165, 1.54) is 18.5 Å². The summed E-state index contributed by atoms with van der Waals surface area (Å²) in [4.78, 5) is 20.8. The van der Waals surface area contributed by atoms with Gasteiger partial charge in [0, 0.05) is 35.4 Å². The fraction of sp³-hybridized carbons (Fsp3) is 0. The molecule has 0 saturated carbocycles. The van der Waals surface area contributed by atoms with Crippen LogP contribution in [-0.2, 0) is 0 Å². The molecule has 5 heterocycles. The molecule has 196 valence electrons. The zero-order chi connectivity index (χ0) is 27.8. The van der Waals surface area contributed by atoms with Crippen molar-refractivity contribution in [3.05, 3.63) is 114 Å². The molecule has 0 radical (unpaired) electrons. The highest BCUT2D eigenvalue weighted by molar-refractivity contribution is 7.13. The molecule has 0 spiro atoms. The number of nitrogens with zero attached hydrogens (tertiary/aromatic N) is 4. The second kappa shape index (κ2) is 10.1. The van der Waals surface area contributed by atoms with Gasteiger partial charge in [-0.3, -0.25) is 15.4 Å². The molecular formula is C29H20F2N8S. The predicted molar refractivity (Wildman–Crippen MR) is 154 cm³/mol. The van der Waals surface area contributed by atoms with Crippen molar-refractivity contribution >= 4 is 45.3 Å². The maximum Gasteiger partial charge on any atom is 0.177 e. The monoisotopic (exact) mass is 550 g/mol. The van der Waals surface area contributed by atoms with Crippen LogP contribution in [-0.4, -0.2) is 30.6 Å². The van der Waals surface area contributed by atoms with E-state index in [1.54, 1.807) is 30.6 Å². The Bertz CT molecular complexity index is 1910. The number of halogens is 2. The van der Waals surface area contributed by atoms with Crippen LogP contribution < -0.4 is 11.1 Å². The lowest BCUT2D eigenvalue weighted by atomic mass is 10.0. The van der Waals surface area contributed by atoms with Gasteiger partial charge in [-0.15, -0.1) is 11.3 Å². The van der Waals surface area contributed by atoms with Gasteiger partial charge in [0.1, 0.15) is 28.6 Å². The van der Waals surface area contributed by atoms with Crippen molar-refractivity contribution in [3.8, 4) is 21.7 Å². The number of nitrogens with two attached hydrogens (primary N) is 1. The van der Waals surface area contributed by atoms with E-state index in [9.17, 15) is 4.39 Å². The Labute approximate surface area is 230 Å². The lowest BCUT2D eigenvalue weighted by Crippen LogP contribution is -2.12. The molecule has 5 aromatic heterocycles. The number of hydrogen-bond donors (Lipinski definition) is 4. The van der Waals surface area contributed by atoms with Crippen LogP contribution >= 0.6 is 11.3 Å². The Morgan fingerprint density at radius 2 is 1.85 bits per heavy atom. The fourth-order valence-electron chi connectivity index (χ4n) is 4.28. The van der Waals surface area contributed by atoms with Crippen LogP contribution in [0, 0.1) is 16.4 Å². The molecule has 0 saturated heterocycles. The minimum absolute atomic E-state index is 0.0681. The first-order valence-corrected chi connectivity index (χ1v) is 12.8. The number of H-pyrrole nitrogens is 1. The zero-order valence-electron chi connectivity index (χ0n) is 20.7. The van der Waals surface area contributed by atoms with Crippen molar-refractivity contribution in [2.24, 2.45) is 0 Å². The molecule has 0 aliphatic carbocycles. The summed E-state index contributed by atoms with van der Waals surface area (Å²) >= 11 is 0.934. The summed E-state index contributed by atoms with van der Waals surface area (Å²) in [5, 5.41) is 11.6. The molecule has 0 aliphatic heterocycles. The molecule has 11 heteroatoms. The molecule has 0 unspecified atom stereocenters. The quantitative estimate of drug-likeness (QED) is 0.168. The summed E-state index contributed by atoms with van der Waals surface area (Å²) in [6, 6.07) is 15.9. The molecule has 0 fully saturated rings. The minimum atomic E-state index is -0.738. The van der Waals surface area contributed by atoms with E-state index in [0.29, 0.717) is 38.6 Å². The summed E-state index contributed by atoms with van der Waals surface area (Å²) in [6.07, 6.45) is 5.96. The number of hydrogen-bond acceptors (Lipinski definition) is 8. The third-order valence-electron chi connectivity index (χ3n) is 6.21. The van der Waals surface area contributed by atoms with Crippen molar-refractivity contribution in [2.75, 3.05) is 11.1 Å². The molecule has 0 bridgehead atoms. The van der Waals surface area contributed by atoms with E-state index in [0.717, 1.165) is 16.9 Å². The van der Waals surface area contributed by atoms with Crippen LogP contribution in [0.15, 0.2) is 86.0 Å². The average molecular weight is 551 g/mol. The van der Waals surface area contributed by atoms with E-state index >= 15 is 4.39 Å². The third kappa shape index (κ3) is 4.58. The summed E-state index contributed by atoms with van der Waals surface area (Å²) in [5.74, 6) is -0.832. The van der Waals surface area contributed by atoms with Crippen molar-refractivity contribution in [2.45, 2.75) is 0 Å². The summed E-state index contributed by atoms with van der Waals surface area (Å²) < 4.78 is 29.6. The van der Waals surface area contributed by atoms with Gasteiger partial charge in [0.05, 0.1) is 27.8 Å². The van der Waals surface area contributed by atoms with Crippen molar-refractivity contribution < 1.29 is 8.78 Å². The number of anilines is 2. The van der Waals surface area contributed by atoms with E-state index in [4.69, 9.17) is 11.1 Å². The first-order chi connectivity index (χ1) is 19.4. The predicted octanol–water partition coefficient (Wildman–Crippen LogP) is 6.50. The number of pyridine rings is 3. The first kappa shape index (κ1) is 25.0. The van der Waals surface area contributed by atoms with E-state index < -0.39 is 5.82 Å². The topological polar surface area (TPSA) is 129 Å². The van der Waals surface area contributed by atoms with Gasteiger partial charge in [0.2, 0.25) is 0 Å². The highest BCUT2D eigenvalue weighted by Gasteiger charge is 2.23. The van der Waals surface area contributed by atoms with Gasteiger partial charge in [-0.2, -0.15) is 4.39 Å². The van der Waals surface area contributed by atoms with Gasteiger partial charge in [0.15, 0.2) is 11.0 Å². The molecule has 8 nitrogen and oxygen atoms in total. The highest BCUT2D eigenvalue weighted by Crippen LogP contribution is 2.33. The van der Waals surface area contributed by atoms with Gasteiger partial charge in [0.25, 0.3) is 0 Å². The van der Waals surface area contributed by atoms with Crippen molar-refractivity contribution in [1.29, 1.82) is 5.41 Å². The lowest BCUT2D eigenvalue weighted by molar-refractivity contribution is 0.627. The van der Waals surface area contributed by atoms with Gasteiger partial charge in [-0.05, 0) is 29.8 Å². The van der Waals surface area contributed by atoms with Crippen LogP contribution in [0.4, 0.5) is 20.3 Å². The number of nitrogen functional groups attached to an aromatic ring is 1. The number of fused-ring (bicyclic) bond motifs is 1. The molecule has 40 heavy (non-hydrogen) atoms. The molecule has 5 N–H and O–H groups in total. The van der Waals surface area contributed by atoms with Crippen LogP contribution in [0.5, 0.6) is 0 Å². The normalized spacial score (nSPS) is 11.1. The smallest absolute Gasteiger partial charge is 0.177 e. The number of nitrogens with one attached hydrogen (secondary N) is 3. The van der Waals surface area contributed by atoms with Gasteiger partial charge in [-0.25, -0.2) is 14.4 Å². The van der Waals surface area contributed by atoms with Gasteiger partial charge in [-0.1, -0.05) is 36.9 Å². The number of benzene rings is 1. The Hall–Kier alpha value is -5.29. The lowest BCUT2D eigenvalue weighted by Gasteiger charge is -2.13. The van der Waals surface area contributed by atoms with Crippen molar-refractivity contribution in [1.82, 2.24) is 24.9 Å². The Morgan fingerprint density at radius 1 is 1.02 bits per heavy atom. The molecule has 6 rings (SSSR count). The molecule has 6 aromatic rings. The number of rotatable bonds is 7. The maximum absolute atomic E-state index is 16.0. The molecule has 0 aliphatic rings. The molecular weight excluding hydrogens is 530 g/mol. The number of aromatic amines is 1. The minimum Gasteiger partial charge on any atom is -0.383 e. The molecule has 0 atom stereocenters. The fourth-order valence-corrected chi connectivity index (χ4v) is 5.01. The van der Waals surface area contributed by atoms with Gasteiger partial charge < -0.3 is 16.0 Å². The third-order valence-corrected chi connectivity index (χ3v) is 7.09.